The van der Waals surface area contributed by atoms with Gasteiger partial charge in [-0.3, -0.25) is 4.79 Å². The van der Waals surface area contributed by atoms with E-state index in [0.29, 0.717) is 18.6 Å². The van der Waals surface area contributed by atoms with Gasteiger partial charge in [0.25, 0.3) is 5.91 Å². The molecule has 1 amide bonds. The molecule has 0 atom stereocenters. The minimum absolute atomic E-state index is 0.228. The van der Waals surface area contributed by atoms with Crippen LogP contribution in [0.5, 0.6) is 0 Å². The lowest BCUT2D eigenvalue weighted by Gasteiger charge is -2.34. The van der Waals surface area contributed by atoms with E-state index in [2.05, 4.69) is 15.0 Å². The van der Waals surface area contributed by atoms with E-state index >= 15 is 0 Å². The molecule has 0 bridgehead atoms. The highest BCUT2D eigenvalue weighted by Gasteiger charge is 2.34. The quantitative estimate of drug-likeness (QED) is 0.836. The lowest BCUT2D eigenvalue weighted by atomic mass is 10.0. The average Bonchev–Trinajstić information content (AvgIpc) is 3.40. The van der Waals surface area contributed by atoms with E-state index in [4.69, 9.17) is 0 Å². The van der Waals surface area contributed by atoms with Gasteiger partial charge in [0.2, 0.25) is 0 Å². The molecule has 1 heterocycles. The third-order valence-corrected chi connectivity index (χ3v) is 5.68. The van der Waals surface area contributed by atoms with Crippen LogP contribution in [-0.4, -0.2) is 37.7 Å². The van der Waals surface area contributed by atoms with Gasteiger partial charge in [0.05, 0.1) is 6.54 Å². The van der Waals surface area contributed by atoms with Crippen LogP contribution in [0.4, 0.5) is 0 Å². The number of carbonyl (C=O) groups excluding carboxylic acids is 1. The van der Waals surface area contributed by atoms with Crippen LogP contribution in [0.3, 0.4) is 0 Å². The second-order valence-electron chi connectivity index (χ2n) is 7.38. The van der Waals surface area contributed by atoms with Crippen LogP contribution in [-0.2, 0) is 6.54 Å². The summed E-state index contributed by atoms with van der Waals surface area (Å²) in [6.07, 6.45) is 13.0. The van der Waals surface area contributed by atoms with Crippen molar-refractivity contribution < 1.29 is 4.79 Å². The number of amides is 1. The molecular weight excluding hydrogens is 312 g/mol. The summed E-state index contributed by atoms with van der Waals surface area (Å²) >= 11 is 0. The maximum Gasteiger partial charge on any atom is 0.254 e. The van der Waals surface area contributed by atoms with Gasteiger partial charge in [0, 0.05) is 17.6 Å². The molecule has 132 valence electrons. The smallest absolute Gasteiger partial charge is 0.254 e. The zero-order chi connectivity index (χ0) is 17.1. The predicted molar refractivity (Wildman–Crippen MR) is 96.2 cm³/mol. The van der Waals surface area contributed by atoms with Crippen LogP contribution in [0.2, 0.25) is 0 Å². The molecule has 2 saturated carbocycles. The van der Waals surface area contributed by atoms with E-state index in [1.807, 2.05) is 24.3 Å². The summed E-state index contributed by atoms with van der Waals surface area (Å²) in [5.74, 6) is 0.228. The molecule has 0 N–H and O–H groups in total. The molecule has 0 unspecified atom stereocenters. The second-order valence-corrected chi connectivity index (χ2v) is 7.38. The zero-order valence-electron chi connectivity index (χ0n) is 14.7. The van der Waals surface area contributed by atoms with Crippen molar-refractivity contribution in [1.82, 2.24) is 19.7 Å². The molecule has 0 radical (unpaired) electrons. The minimum atomic E-state index is 0.228. The highest BCUT2D eigenvalue weighted by Crippen LogP contribution is 2.32. The fourth-order valence-corrected chi connectivity index (χ4v) is 4.40. The molecule has 5 heteroatoms. The fraction of sp³-hybridized carbons (Fsp3) is 0.550. The van der Waals surface area contributed by atoms with Crippen molar-refractivity contribution in [3.05, 3.63) is 48.0 Å². The number of aromatic nitrogens is 3. The molecule has 0 spiro atoms. The van der Waals surface area contributed by atoms with Crippen molar-refractivity contribution in [2.75, 3.05) is 0 Å². The van der Waals surface area contributed by atoms with E-state index in [1.54, 1.807) is 17.3 Å². The molecule has 0 saturated heterocycles. The number of hydrogen-bond donors (Lipinski definition) is 0. The molecule has 1 aromatic heterocycles. The van der Waals surface area contributed by atoms with Crippen LogP contribution in [0, 0.1) is 0 Å². The van der Waals surface area contributed by atoms with Gasteiger partial charge in [-0.1, -0.05) is 37.8 Å². The van der Waals surface area contributed by atoms with Crippen LogP contribution in [0.15, 0.2) is 36.9 Å². The maximum absolute atomic E-state index is 13.2. The topological polar surface area (TPSA) is 51.0 Å². The first-order valence-electron chi connectivity index (χ1n) is 9.55. The number of carbonyl (C=O) groups is 1. The first-order valence-corrected chi connectivity index (χ1v) is 9.55. The van der Waals surface area contributed by atoms with E-state index < -0.39 is 0 Å². The fourth-order valence-electron chi connectivity index (χ4n) is 4.40. The molecule has 2 fully saturated rings. The van der Waals surface area contributed by atoms with Crippen molar-refractivity contribution in [3.8, 4) is 0 Å². The number of benzene rings is 1. The van der Waals surface area contributed by atoms with Gasteiger partial charge < -0.3 is 4.90 Å². The monoisotopic (exact) mass is 338 g/mol. The van der Waals surface area contributed by atoms with Crippen molar-refractivity contribution in [1.29, 1.82) is 0 Å². The summed E-state index contributed by atoms with van der Waals surface area (Å²) in [6.45, 7) is 0.684. The normalized spacial score (nSPS) is 18.7. The van der Waals surface area contributed by atoms with Gasteiger partial charge in [-0.15, -0.1) is 0 Å². The SMILES string of the molecule is O=C(c1ccc(Cn2cncn2)cc1)N(C1CCCC1)C1CCCC1. The number of hydrogen-bond acceptors (Lipinski definition) is 3. The average molecular weight is 338 g/mol. The zero-order valence-corrected chi connectivity index (χ0v) is 14.7. The molecule has 1 aromatic carbocycles. The Hall–Kier alpha value is -2.17. The Kier molecular flexibility index (Phi) is 4.81. The van der Waals surface area contributed by atoms with E-state index in [9.17, 15) is 4.79 Å². The van der Waals surface area contributed by atoms with E-state index in [0.717, 1.165) is 11.1 Å². The van der Waals surface area contributed by atoms with Crippen LogP contribution >= 0.6 is 0 Å². The van der Waals surface area contributed by atoms with Gasteiger partial charge in [0.1, 0.15) is 12.7 Å². The summed E-state index contributed by atoms with van der Waals surface area (Å²) in [7, 11) is 0. The van der Waals surface area contributed by atoms with Crippen molar-refractivity contribution in [2.24, 2.45) is 0 Å². The Morgan fingerprint density at radius 2 is 1.60 bits per heavy atom. The number of nitrogens with zero attached hydrogens (tertiary/aromatic N) is 4. The molecule has 4 rings (SSSR count). The van der Waals surface area contributed by atoms with E-state index in [1.165, 1.54) is 51.4 Å². The standard InChI is InChI=1S/C20H26N4O/c25-20(24(18-5-1-2-6-18)19-7-3-4-8-19)17-11-9-16(10-12-17)13-23-15-21-14-22-23/h9-12,14-15,18-19H,1-8,13H2. The molecule has 5 nitrogen and oxygen atoms in total. The van der Waals surface area contributed by atoms with Gasteiger partial charge >= 0.3 is 0 Å². The summed E-state index contributed by atoms with van der Waals surface area (Å²) in [6, 6.07) is 8.93. The van der Waals surface area contributed by atoms with Crippen LogP contribution < -0.4 is 0 Å². The van der Waals surface area contributed by atoms with Crippen molar-refractivity contribution in [2.45, 2.75) is 70.0 Å². The van der Waals surface area contributed by atoms with Gasteiger partial charge in [-0.25, -0.2) is 9.67 Å². The summed E-state index contributed by atoms with van der Waals surface area (Å²) < 4.78 is 1.79. The maximum atomic E-state index is 13.2. The first kappa shape index (κ1) is 16.3. The lowest BCUT2D eigenvalue weighted by Crippen LogP contribution is -2.45. The molecule has 0 aliphatic heterocycles. The Morgan fingerprint density at radius 3 is 2.12 bits per heavy atom. The van der Waals surface area contributed by atoms with Gasteiger partial charge in [-0.2, -0.15) is 5.10 Å². The minimum Gasteiger partial charge on any atom is -0.333 e. The molecule has 2 aliphatic carbocycles. The largest absolute Gasteiger partial charge is 0.333 e. The summed E-state index contributed by atoms with van der Waals surface area (Å²) in [5, 5.41) is 4.13. The third-order valence-electron chi connectivity index (χ3n) is 5.68. The van der Waals surface area contributed by atoms with Crippen molar-refractivity contribution >= 4 is 5.91 Å². The predicted octanol–water partition coefficient (Wildman–Crippen LogP) is 3.65. The Morgan fingerprint density at radius 1 is 1.00 bits per heavy atom. The molecular formula is C20H26N4O. The van der Waals surface area contributed by atoms with Gasteiger partial charge in [0.15, 0.2) is 0 Å². The summed E-state index contributed by atoms with van der Waals surface area (Å²) in [5.41, 5.74) is 1.96. The van der Waals surface area contributed by atoms with Gasteiger partial charge in [-0.05, 0) is 43.4 Å². The molecule has 25 heavy (non-hydrogen) atoms. The Bertz CT molecular complexity index is 667. The molecule has 2 aromatic rings. The van der Waals surface area contributed by atoms with Crippen LogP contribution in [0.25, 0.3) is 0 Å². The lowest BCUT2D eigenvalue weighted by molar-refractivity contribution is 0.0580. The van der Waals surface area contributed by atoms with Crippen LogP contribution in [0.1, 0.15) is 67.3 Å². The Balaban J connectivity index is 1.50. The Labute approximate surface area is 149 Å². The highest BCUT2D eigenvalue weighted by molar-refractivity contribution is 5.94. The summed E-state index contributed by atoms with van der Waals surface area (Å²) in [4.78, 5) is 19.5. The first-order chi connectivity index (χ1) is 12.3. The van der Waals surface area contributed by atoms with E-state index in [-0.39, 0.29) is 5.91 Å². The molecule has 2 aliphatic rings. The van der Waals surface area contributed by atoms with Crippen molar-refractivity contribution in [3.63, 3.8) is 0 Å². The third kappa shape index (κ3) is 3.60. The highest BCUT2D eigenvalue weighted by atomic mass is 16.2. The number of rotatable bonds is 5. The second kappa shape index (κ2) is 7.38.